The monoisotopic (exact) mass is 228 g/mol. The molecule has 0 spiro atoms. The van der Waals surface area contributed by atoms with Crippen molar-refractivity contribution in [3.05, 3.63) is 18.7 Å². The third-order valence-corrected chi connectivity index (χ3v) is 1.98. The Hall–Kier alpha value is -1.36. The first-order chi connectivity index (χ1) is 7.47. The Balaban J connectivity index is 0.000000325. The average Bonchev–Trinajstić information content (AvgIpc) is 2.62. The summed E-state index contributed by atoms with van der Waals surface area (Å²) >= 11 is 0. The van der Waals surface area contributed by atoms with Gasteiger partial charge in [-0.15, -0.1) is 0 Å². The quantitative estimate of drug-likeness (QED) is 0.738. The number of imidazole rings is 1. The summed E-state index contributed by atoms with van der Waals surface area (Å²) in [7, 11) is 2.04. The van der Waals surface area contributed by atoms with E-state index in [2.05, 4.69) is 34.8 Å². The van der Waals surface area contributed by atoms with E-state index in [4.69, 9.17) is 10.8 Å². The highest BCUT2D eigenvalue weighted by Crippen LogP contribution is 1.91. The summed E-state index contributed by atoms with van der Waals surface area (Å²) in [6.07, 6.45) is 8.82. The summed E-state index contributed by atoms with van der Waals surface area (Å²) in [5.74, 6) is -0.963. The van der Waals surface area contributed by atoms with Gasteiger partial charge in [0.15, 0.2) is 0 Å². The summed E-state index contributed by atoms with van der Waals surface area (Å²) in [6, 6.07) is -0.731. The molecule has 0 radical (unpaired) electrons. The van der Waals surface area contributed by atoms with Gasteiger partial charge >= 0.3 is 5.97 Å². The Kier molecular flexibility index (Phi) is 7.20. The van der Waals surface area contributed by atoms with Crippen LogP contribution in [0.15, 0.2) is 18.7 Å². The summed E-state index contributed by atoms with van der Waals surface area (Å²) in [4.78, 5) is 9.57. The number of aliphatic carboxylic acids is 1. The molecule has 0 aliphatic rings. The average molecular weight is 228 g/mol. The van der Waals surface area contributed by atoms with Crippen LogP contribution in [0, 0.1) is 0 Å². The summed E-state index contributed by atoms with van der Waals surface area (Å²) in [5.41, 5.74) is 4.84. The van der Waals surface area contributed by atoms with Crippen molar-refractivity contribution in [2.24, 2.45) is 12.8 Å². The number of nitrogens with two attached hydrogens (primary N) is 1. The number of unbranched alkanes of at least 4 members (excludes halogenated alkanes) is 1. The van der Waals surface area contributed by atoms with E-state index in [1.807, 2.05) is 7.05 Å². The highest BCUT2D eigenvalue weighted by molar-refractivity contribution is 5.72. The maximum atomic E-state index is 9.57. The number of aryl methyl sites for hydroxylation is 2. The minimum Gasteiger partial charge on any atom is -0.480 e. The van der Waals surface area contributed by atoms with E-state index in [0.29, 0.717) is 0 Å². The lowest BCUT2D eigenvalue weighted by molar-refractivity contribution is -0.671. The van der Waals surface area contributed by atoms with E-state index in [1.165, 1.54) is 19.8 Å². The Bertz CT molecular complexity index is 308. The van der Waals surface area contributed by atoms with Gasteiger partial charge in [-0.1, -0.05) is 13.3 Å². The molecule has 0 saturated heterocycles. The molecule has 0 bridgehead atoms. The highest BCUT2D eigenvalue weighted by Gasteiger charge is 1.99. The van der Waals surface area contributed by atoms with E-state index in [0.717, 1.165) is 6.54 Å². The van der Waals surface area contributed by atoms with Crippen LogP contribution < -0.4 is 10.3 Å². The number of nitrogens with zero attached hydrogens (tertiary/aromatic N) is 2. The van der Waals surface area contributed by atoms with Crippen LogP contribution in [0.3, 0.4) is 0 Å². The Labute approximate surface area is 96.5 Å². The van der Waals surface area contributed by atoms with Gasteiger partial charge in [-0.3, -0.25) is 4.79 Å². The number of carboxylic acid groups (broad SMARTS) is 1. The van der Waals surface area contributed by atoms with Gasteiger partial charge in [0, 0.05) is 0 Å². The highest BCUT2D eigenvalue weighted by atomic mass is 16.4. The van der Waals surface area contributed by atoms with E-state index >= 15 is 0 Å². The number of carbonyl (C=O) groups is 1. The predicted octanol–water partition coefficient (Wildman–Crippen LogP) is 0.531. The topological polar surface area (TPSA) is 72.1 Å². The third-order valence-electron chi connectivity index (χ3n) is 1.98. The maximum Gasteiger partial charge on any atom is 0.320 e. The van der Waals surface area contributed by atoms with Crippen LogP contribution >= 0.6 is 0 Å². The van der Waals surface area contributed by atoms with Crippen LogP contribution in [0.5, 0.6) is 0 Å². The van der Waals surface area contributed by atoms with Gasteiger partial charge in [-0.25, -0.2) is 9.13 Å². The molecule has 1 atom stereocenters. The molecular formula is C11H22N3O2+. The normalized spacial score (nSPS) is 11.5. The van der Waals surface area contributed by atoms with Crippen LogP contribution in [-0.2, 0) is 18.4 Å². The summed E-state index contributed by atoms with van der Waals surface area (Å²) in [5, 5.41) is 7.87. The first-order valence-corrected chi connectivity index (χ1v) is 5.46. The van der Waals surface area contributed by atoms with Crippen LogP contribution in [-0.4, -0.2) is 21.7 Å². The molecule has 92 valence electrons. The number of carboxylic acids is 1. The molecule has 0 amide bonds. The lowest BCUT2D eigenvalue weighted by Crippen LogP contribution is -2.25. The smallest absolute Gasteiger partial charge is 0.320 e. The first kappa shape index (κ1) is 14.6. The van der Waals surface area contributed by atoms with Gasteiger partial charge in [-0.2, -0.15) is 0 Å². The lowest BCUT2D eigenvalue weighted by Gasteiger charge is -1.90. The van der Waals surface area contributed by atoms with Gasteiger partial charge in [0.05, 0.1) is 13.6 Å². The fraction of sp³-hybridized carbons (Fsp3) is 0.636. The van der Waals surface area contributed by atoms with E-state index < -0.39 is 12.0 Å². The lowest BCUT2D eigenvalue weighted by atomic mass is 10.3. The van der Waals surface area contributed by atoms with Gasteiger partial charge in [0.1, 0.15) is 18.4 Å². The van der Waals surface area contributed by atoms with Crippen molar-refractivity contribution < 1.29 is 14.5 Å². The van der Waals surface area contributed by atoms with E-state index in [9.17, 15) is 4.79 Å². The fourth-order valence-electron chi connectivity index (χ4n) is 0.975. The first-order valence-electron chi connectivity index (χ1n) is 5.46. The molecule has 5 nitrogen and oxygen atoms in total. The third kappa shape index (κ3) is 7.00. The molecule has 1 aromatic rings. The molecule has 1 heterocycles. The molecule has 1 aromatic heterocycles. The van der Waals surface area contributed by atoms with Crippen molar-refractivity contribution in [3.63, 3.8) is 0 Å². The standard InChI is InChI=1S/C8H15N2.C3H7NO2/c1-3-4-5-10-7-6-9(2)8-10;1-2(4)3(5)6/h6-8H,3-5H2,1-2H3;2H,4H2,1H3,(H,5,6)/q+1;/t;2-/m.0/s1. The van der Waals surface area contributed by atoms with Crippen LogP contribution in [0.25, 0.3) is 0 Å². The van der Waals surface area contributed by atoms with Crippen molar-refractivity contribution in [1.82, 2.24) is 4.57 Å². The minimum absolute atomic E-state index is 0.731. The Morgan fingerprint density at radius 3 is 2.50 bits per heavy atom. The SMILES string of the molecule is CCCCn1cc[n+](C)c1.C[C@H](N)C(=O)O. The molecule has 16 heavy (non-hydrogen) atoms. The zero-order chi connectivity index (χ0) is 12.6. The van der Waals surface area contributed by atoms with Crippen molar-refractivity contribution >= 4 is 5.97 Å². The second-order valence-electron chi connectivity index (χ2n) is 3.80. The van der Waals surface area contributed by atoms with Gasteiger partial charge in [0.25, 0.3) is 0 Å². The van der Waals surface area contributed by atoms with Crippen molar-refractivity contribution in [2.45, 2.75) is 39.3 Å². The molecule has 0 unspecified atom stereocenters. The summed E-state index contributed by atoms with van der Waals surface area (Å²) < 4.78 is 4.28. The van der Waals surface area contributed by atoms with Gasteiger partial charge < -0.3 is 10.8 Å². The Morgan fingerprint density at radius 2 is 2.19 bits per heavy atom. The molecule has 5 heteroatoms. The zero-order valence-corrected chi connectivity index (χ0v) is 10.3. The van der Waals surface area contributed by atoms with Gasteiger partial charge in [-0.05, 0) is 13.3 Å². The maximum absolute atomic E-state index is 9.57. The molecule has 0 aliphatic heterocycles. The fourth-order valence-corrected chi connectivity index (χ4v) is 0.975. The van der Waals surface area contributed by atoms with E-state index in [1.54, 1.807) is 0 Å². The molecule has 0 saturated carbocycles. The minimum atomic E-state index is -0.963. The molecule has 0 aromatic carbocycles. The number of aromatic nitrogens is 2. The second-order valence-corrected chi connectivity index (χ2v) is 3.80. The Morgan fingerprint density at radius 1 is 1.62 bits per heavy atom. The number of rotatable bonds is 4. The van der Waals surface area contributed by atoms with Crippen molar-refractivity contribution in [2.75, 3.05) is 0 Å². The molecule has 0 aliphatic carbocycles. The van der Waals surface area contributed by atoms with E-state index in [-0.39, 0.29) is 0 Å². The van der Waals surface area contributed by atoms with Crippen LogP contribution in [0.2, 0.25) is 0 Å². The van der Waals surface area contributed by atoms with Crippen molar-refractivity contribution in [3.8, 4) is 0 Å². The van der Waals surface area contributed by atoms with Crippen LogP contribution in [0.4, 0.5) is 0 Å². The predicted molar refractivity (Wildman–Crippen MR) is 61.8 cm³/mol. The second kappa shape index (κ2) is 7.87. The summed E-state index contributed by atoms with van der Waals surface area (Å²) in [6.45, 7) is 4.78. The number of hydrogen-bond acceptors (Lipinski definition) is 2. The zero-order valence-electron chi connectivity index (χ0n) is 10.3. The molecule has 3 N–H and O–H groups in total. The molecule has 0 fully saturated rings. The molecule has 1 rings (SSSR count). The van der Waals surface area contributed by atoms with Crippen LogP contribution in [0.1, 0.15) is 26.7 Å². The van der Waals surface area contributed by atoms with Gasteiger partial charge in [0.2, 0.25) is 6.33 Å². The number of hydrogen-bond donors (Lipinski definition) is 2. The van der Waals surface area contributed by atoms with Crippen molar-refractivity contribution in [1.29, 1.82) is 0 Å². The largest absolute Gasteiger partial charge is 0.480 e. The molecular weight excluding hydrogens is 206 g/mol.